The van der Waals surface area contributed by atoms with E-state index in [4.69, 9.17) is 23.2 Å². The second kappa shape index (κ2) is 10.4. The summed E-state index contributed by atoms with van der Waals surface area (Å²) in [5.41, 5.74) is 0.222. The third-order valence-electron chi connectivity index (χ3n) is 4.98. The first-order valence-corrected chi connectivity index (χ1v) is 10.0. The Morgan fingerprint density at radius 2 is 1.90 bits per heavy atom. The Hall–Kier alpha value is -1.71. The van der Waals surface area contributed by atoms with E-state index in [1.165, 1.54) is 18.2 Å². The molecule has 0 aliphatic carbocycles. The second-order valence-corrected chi connectivity index (χ2v) is 8.73. The Kier molecular flexibility index (Phi) is 8.42. The highest BCUT2D eigenvalue weighted by Gasteiger charge is 2.40. The SMILES string of the molecule is CC(C)(CO)CC1NCC(c2cccc(Cl)c2F)C1C#N.Fc1cccc(Cl)c1. The highest BCUT2D eigenvalue weighted by molar-refractivity contribution is 6.31. The van der Waals surface area contributed by atoms with E-state index in [0.29, 0.717) is 23.6 Å². The van der Waals surface area contributed by atoms with Gasteiger partial charge in [-0.1, -0.05) is 55.2 Å². The van der Waals surface area contributed by atoms with Crippen LogP contribution in [0.1, 0.15) is 31.7 Å². The van der Waals surface area contributed by atoms with Crippen molar-refractivity contribution in [1.29, 1.82) is 5.26 Å². The first-order chi connectivity index (χ1) is 13.7. The molecular weight excluding hydrogens is 417 g/mol. The van der Waals surface area contributed by atoms with Crippen molar-refractivity contribution in [2.24, 2.45) is 11.3 Å². The lowest BCUT2D eigenvalue weighted by molar-refractivity contribution is 0.135. The van der Waals surface area contributed by atoms with Gasteiger partial charge in [-0.05, 0) is 41.7 Å². The molecule has 1 saturated heterocycles. The summed E-state index contributed by atoms with van der Waals surface area (Å²) in [6.07, 6.45) is 0.667. The Bertz CT molecular complexity index is 853. The number of nitrogens with zero attached hydrogens (tertiary/aromatic N) is 1. The molecule has 1 aliphatic rings. The smallest absolute Gasteiger partial charge is 0.145 e. The van der Waals surface area contributed by atoms with Crippen molar-refractivity contribution in [3.8, 4) is 6.07 Å². The minimum absolute atomic E-state index is 0.0551. The Morgan fingerprint density at radius 1 is 1.21 bits per heavy atom. The molecular formula is C22H24Cl2F2N2O. The minimum Gasteiger partial charge on any atom is -0.396 e. The van der Waals surface area contributed by atoms with Gasteiger partial charge in [0.2, 0.25) is 0 Å². The lowest BCUT2D eigenvalue weighted by Crippen LogP contribution is -2.34. The third kappa shape index (κ3) is 6.38. The van der Waals surface area contributed by atoms with Gasteiger partial charge < -0.3 is 10.4 Å². The van der Waals surface area contributed by atoms with Gasteiger partial charge in [-0.2, -0.15) is 5.26 Å². The molecule has 29 heavy (non-hydrogen) atoms. The summed E-state index contributed by atoms with van der Waals surface area (Å²) >= 11 is 11.2. The van der Waals surface area contributed by atoms with E-state index in [9.17, 15) is 19.1 Å². The molecule has 0 aromatic heterocycles. The quantitative estimate of drug-likeness (QED) is 0.653. The third-order valence-corrected chi connectivity index (χ3v) is 5.51. The van der Waals surface area contributed by atoms with Gasteiger partial charge in [0.25, 0.3) is 0 Å². The number of rotatable bonds is 4. The van der Waals surface area contributed by atoms with Crippen LogP contribution in [0, 0.1) is 34.3 Å². The van der Waals surface area contributed by atoms with Crippen LogP contribution in [0.15, 0.2) is 42.5 Å². The molecule has 0 bridgehead atoms. The Balaban J connectivity index is 0.000000313. The first-order valence-electron chi connectivity index (χ1n) is 9.27. The molecule has 3 atom stereocenters. The van der Waals surface area contributed by atoms with Crippen molar-refractivity contribution in [2.75, 3.05) is 13.2 Å². The number of halogens is 4. The Morgan fingerprint density at radius 3 is 2.45 bits per heavy atom. The second-order valence-electron chi connectivity index (χ2n) is 7.89. The lowest BCUT2D eigenvalue weighted by atomic mass is 9.79. The summed E-state index contributed by atoms with van der Waals surface area (Å²) in [5, 5.41) is 22.7. The van der Waals surface area contributed by atoms with Gasteiger partial charge in [0.1, 0.15) is 11.6 Å². The zero-order chi connectivity index (χ0) is 21.6. The molecule has 0 saturated carbocycles. The normalized spacial score (nSPS) is 21.2. The van der Waals surface area contributed by atoms with Gasteiger partial charge in [0.05, 0.1) is 17.0 Å². The number of hydrogen-bond donors (Lipinski definition) is 2. The molecule has 0 radical (unpaired) electrons. The van der Waals surface area contributed by atoms with E-state index in [1.807, 2.05) is 13.8 Å². The van der Waals surface area contributed by atoms with Crippen molar-refractivity contribution in [3.63, 3.8) is 0 Å². The molecule has 0 amide bonds. The zero-order valence-electron chi connectivity index (χ0n) is 16.3. The van der Waals surface area contributed by atoms with Crippen molar-refractivity contribution in [2.45, 2.75) is 32.2 Å². The largest absolute Gasteiger partial charge is 0.396 e. The molecule has 1 fully saturated rings. The van der Waals surface area contributed by atoms with Gasteiger partial charge in [-0.25, -0.2) is 8.78 Å². The summed E-state index contributed by atoms with van der Waals surface area (Å²) in [4.78, 5) is 0. The van der Waals surface area contributed by atoms with Crippen LogP contribution in [0.2, 0.25) is 10.0 Å². The maximum absolute atomic E-state index is 14.2. The molecule has 2 N–H and O–H groups in total. The van der Waals surface area contributed by atoms with Crippen LogP contribution in [0.4, 0.5) is 8.78 Å². The van der Waals surface area contributed by atoms with Gasteiger partial charge in [-0.3, -0.25) is 0 Å². The summed E-state index contributed by atoms with van der Waals surface area (Å²) < 4.78 is 26.3. The van der Waals surface area contributed by atoms with Crippen LogP contribution < -0.4 is 5.32 Å². The molecule has 0 spiro atoms. The van der Waals surface area contributed by atoms with Crippen LogP contribution in [-0.2, 0) is 0 Å². The highest BCUT2D eigenvalue weighted by Crippen LogP contribution is 2.38. The molecule has 3 rings (SSSR count). The number of hydrogen-bond acceptors (Lipinski definition) is 3. The summed E-state index contributed by atoms with van der Waals surface area (Å²) in [6.45, 7) is 4.51. The maximum Gasteiger partial charge on any atom is 0.145 e. The predicted octanol–water partition coefficient (Wildman–Crippen LogP) is 5.56. The van der Waals surface area contributed by atoms with E-state index in [-0.39, 0.29) is 40.7 Å². The monoisotopic (exact) mass is 440 g/mol. The van der Waals surface area contributed by atoms with E-state index in [2.05, 4.69) is 11.4 Å². The number of benzene rings is 2. The van der Waals surface area contributed by atoms with Crippen LogP contribution in [-0.4, -0.2) is 24.3 Å². The molecule has 2 aromatic carbocycles. The predicted molar refractivity (Wildman–Crippen MR) is 112 cm³/mol. The van der Waals surface area contributed by atoms with Gasteiger partial charge >= 0.3 is 0 Å². The van der Waals surface area contributed by atoms with E-state index >= 15 is 0 Å². The van der Waals surface area contributed by atoms with Crippen molar-refractivity contribution >= 4 is 23.2 Å². The van der Waals surface area contributed by atoms with Crippen LogP contribution in [0.25, 0.3) is 0 Å². The zero-order valence-corrected chi connectivity index (χ0v) is 17.8. The lowest BCUT2D eigenvalue weighted by Gasteiger charge is -2.27. The van der Waals surface area contributed by atoms with Gasteiger partial charge in [0.15, 0.2) is 0 Å². The fraction of sp³-hybridized carbons (Fsp3) is 0.409. The number of aliphatic hydroxyl groups excluding tert-OH is 1. The average Bonchev–Trinajstić information content (AvgIpc) is 3.06. The molecule has 1 aliphatic heterocycles. The van der Waals surface area contributed by atoms with E-state index in [1.54, 1.807) is 24.3 Å². The number of nitriles is 1. The summed E-state index contributed by atoms with van der Waals surface area (Å²) in [7, 11) is 0. The fourth-order valence-electron chi connectivity index (χ4n) is 3.42. The van der Waals surface area contributed by atoms with Gasteiger partial charge in [-0.15, -0.1) is 0 Å². The van der Waals surface area contributed by atoms with Crippen LogP contribution >= 0.6 is 23.2 Å². The van der Waals surface area contributed by atoms with E-state index < -0.39 is 5.82 Å². The van der Waals surface area contributed by atoms with Crippen LogP contribution in [0.3, 0.4) is 0 Å². The average molecular weight is 441 g/mol. The highest BCUT2D eigenvalue weighted by atomic mass is 35.5. The molecule has 2 aromatic rings. The fourth-order valence-corrected chi connectivity index (χ4v) is 3.78. The van der Waals surface area contributed by atoms with Crippen molar-refractivity contribution < 1.29 is 13.9 Å². The standard InChI is InChI=1S/C16H20ClFN2O.C6H4ClF/c1-16(2,9-21)6-14-11(7-19)12(8-20-14)10-4-3-5-13(17)15(10)18;7-5-2-1-3-6(8)4-5/h3-5,11-12,14,20-21H,6,8-9H2,1-2H3;1-4H. The first kappa shape index (κ1) is 23.6. The molecule has 7 heteroatoms. The Labute approximate surface area is 180 Å². The summed E-state index contributed by atoms with van der Waals surface area (Å²) in [6, 6.07) is 13.0. The molecule has 3 nitrogen and oxygen atoms in total. The topological polar surface area (TPSA) is 56.0 Å². The minimum atomic E-state index is -0.437. The van der Waals surface area contributed by atoms with Gasteiger partial charge in [0, 0.05) is 30.1 Å². The molecule has 156 valence electrons. The maximum atomic E-state index is 14.2. The van der Waals surface area contributed by atoms with Crippen molar-refractivity contribution in [3.05, 3.63) is 69.7 Å². The summed E-state index contributed by atoms with van der Waals surface area (Å²) in [5.74, 6) is -1.28. The molecule has 1 heterocycles. The number of nitrogens with one attached hydrogen (secondary N) is 1. The van der Waals surface area contributed by atoms with Crippen molar-refractivity contribution in [1.82, 2.24) is 5.32 Å². The number of aliphatic hydroxyl groups is 1. The van der Waals surface area contributed by atoms with E-state index in [0.717, 1.165) is 0 Å². The van der Waals surface area contributed by atoms with Crippen LogP contribution in [0.5, 0.6) is 0 Å². The molecule has 3 unspecified atom stereocenters.